The first-order valence-corrected chi connectivity index (χ1v) is 13.2. The molecule has 1 spiro atoms. The first kappa shape index (κ1) is 29.7. The number of ether oxygens (including phenoxy) is 1. The van der Waals surface area contributed by atoms with Crippen molar-refractivity contribution in [1.29, 1.82) is 0 Å². The van der Waals surface area contributed by atoms with Gasteiger partial charge in [0.1, 0.15) is 24.3 Å². The van der Waals surface area contributed by atoms with Gasteiger partial charge in [0, 0.05) is 31.0 Å². The van der Waals surface area contributed by atoms with Gasteiger partial charge in [0.05, 0.1) is 28.3 Å². The average Bonchev–Trinajstić information content (AvgIpc) is 3.66. The number of hydrogen-bond acceptors (Lipinski definition) is 9. The monoisotopic (exact) mass is 623 g/mol. The number of carboxylic acids is 1. The van der Waals surface area contributed by atoms with Crippen molar-refractivity contribution in [2.45, 2.75) is 37.5 Å². The summed E-state index contributed by atoms with van der Waals surface area (Å²) in [5, 5.41) is 17.8. The van der Waals surface area contributed by atoms with E-state index in [0.717, 1.165) is 29.7 Å². The second-order valence-corrected chi connectivity index (χ2v) is 10.4. The summed E-state index contributed by atoms with van der Waals surface area (Å²) in [6.45, 7) is 3.62. The van der Waals surface area contributed by atoms with Crippen LogP contribution in [-0.2, 0) is 9.53 Å². The molecule has 0 bridgehead atoms. The lowest BCUT2D eigenvalue weighted by Crippen LogP contribution is -2.53. The number of nitrogen functional groups attached to an aromatic ring is 1. The molecule has 2 amide bonds. The molecule has 2 fully saturated rings. The van der Waals surface area contributed by atoms with Gasteiger partial charge in [0.2, 0.25) is 0 Å². The molecule has 4 aromatic rings. The number of alkyl carbamates (subject to hydrolysis) is 1. The number of halogens is 4. The molecule has 0 saturated carbocycles. The summed E-state index contributed by atoms with van der Waals surface area (Å²) in [5.74, 6) is -2.16. The minimum absolute atomic E-state index is 0.101. The van der Waals surface area contributed by atoms with Crippen molar-refractivity contribution in [1.82, 2.24) is 34.6 Å². The molecule has 43 heavy (non-hydrogen) atoms. The van der Waals surface area contributed by atoms with Gasteiger partial charge in [-0.2, -0.15) is 13.2 Å². The van der Waals surface area contributed by atoms with Crippen molar-refractivity contribution in [3.05, 3.63) is 53.2 Å². The first-order chi connectivity index (χ1) is 20.3. The van der Waals surface area contributed by atoms with Gasteiger partial charge in [-0.15, -0.1) is 5.10 Å². The Morgan fingerprint density at radius 3 is 2.63 bits per heavy atom. The maximum Gasteiger partial charge on any atom is 0.490 e. The molecule has 1 atom stereocenters. The summed E-state index contributed by atoms with van der Waals surface area (Å²) in [5.41, 5.74) is 7.90. The maximum absolute atomic E-state index is 13.3. The molecule has 228 valence electrons. The van der Waals surface area contributed by atoms with Crippen LogP contribution >= 0.6 is 11.6 Å². The number of hydrogen-bond donors (Lipinski definition) is 4. The molecule has 0 radical (unpaired) electrons. The third kappa shape index (κ3) is 5.79. The summed E-state index contributed by atoms with van der Waals surface area (Å²) >= 11 is 6.61. The molecule has 1 unspecified atom stereocenters. The van der Waals surface area contributed by atoms with Crippen molar-refractivity contribution >= 4 is 52.4 Å². The number of fused-ring (bicyclic) bond motifs is 2. The highest BCUT2D eigenvalue weighted by Gasteiger charge is 2.43. The Bertz CT molecular complexity index is 1720. The predicted molar refractivity (Wildman–Crippen MR) is 146 cm³/mol. The number of nitrogens with one attached hydrogen (secondary N) is 2. The van der Waals surface area contributed by atoms with E-state index in [4.69, 9.17) is 32.0 Å². The van der Waals surface area contributed by atoms with Gasteiger partial charge in [-0.1, -0.05) is 11.6 Å². The Labute approximate surface area is 245 Å². The van der Waals surface area contributed by atoms with E-state index < -0.39 is 18.2 Å². The zero-order chi connectivity index (χ0) is 31.1. The van der Waals surface area contributed by atoms with Crippen LogP contribution in [0.2, 0.25) is 5.02 Å². The maximum atomic E-state index is 13.3. The van der Waals surface area contributed by atoms with Crippen molar-refractivity contribution in [3.8, 4) is 0 Å². The van der Waals surface area contributed by atoms with Crippen molar-refractivity contribution in [2.24, 2.45) is 0 Å². The van der Waals surface area contributed by atoms with E-state index in [1.54, 1.807) is 31.0 Å². The van der Waals surface area contributed by atoms with E-state index in [-0.39, 0.29) is 28.9 Å². The van der Waals surface area contributed by atoms with Crippen LogP contribution in [0, 0.1) is 0 Å². The summed E-state index contributed by atoms with van der Waals surface area (Å²) in [6.07, 6.45) is 2.69. The number of nitrogens with zero attached hydrogens (tertiary/aromatic N) is 6. The Kier molecular flexibility index (Phi) is 7.68. The molecule has 18 heteroatoms. The minimum Gasteiger partial charge on any atom is -0.475 e. The zero-order valence-corrected chi connectivity index (χ0v) is 23.2. The smallest absolute Gasteiger partial charge is 0.475 e. The average molecular weight is 624 g/mol. The second kappa shape index (κ2) is 11.1. The fourth-order valence-electron chi connectivity index (χ4n) is 5.08. The Hall–Kier alpha value is -4.80. The number of rotatable bonds is 4. The Morgan fingerprint density at radius 1 is 1.30 bits per heavy atom. The van der Waals surface area contributed by atoms with Crippen LogP contribution in [0.25, 0.3) is 11.2 Å². The quantitative estimate of drug-likeness (QED) is 0.264. The topological polar surface area (TPSA) is 181 Å². The lowest BCUT2D eigenvalue weighted by molar-refractivity contribution is -0.192. The zero-order valence-electron chi connectivity index (χ0n) is 22.4. The van der Waals surface area contributed by atoms with E-state index in [2.05, 4.69) is 30.6 Å². The number of carbonyl (C=O) groups is 3. The van der Waals surface area contributed by atoms with Crippen LogP contribution in [-0.4, -0.2) is 78.5 Å². The SMILES string of the molecule is CC(NC(=O)c1c(N)nn2cccnc12)c1cc(Cl)c2cncn2c1N1CCC2(CC1)COC(=O)N2.O=C(O)C(F)(F)F. The fraction of sp³-hybridized carbons (Fsp3) is 0.360. The number of alkyl halides is 3. The summed E-state index contributed by atoms with van der Waals surface area (Å²) in [7, 11) is 0. The molecular formula is C25H25ClF3N9O5. The molecule has 2 saturated heterocycles. The van der Waals surface area contributed by atoms with Crippen LogP contribution in [0.1, 0.15) is 41.7 Å². The van der Waals surface area contributed by atoms with Gasteiger partial charge in [0.15, 0.2) is 11.5 Å². The van der Waals surface area contributed by atoms with Crippen molar-refractivity contribution < 1.29 is 37.4 Å². The van der Waals surface area contributed by atoms with E-state index in [0.29, 0.717) is 30.4 Å². The van der Waals surface area contributed by atoms with E-state index in [9.17, 15) is 22.8 Å². The predicted octanol–water partition coefficient (Wildman–Crippen LogP) is 2.82. The molecule has 2 aliphatic rings. The third-order valence-electron chi connectivity index (χ3n) is 7.22. The normalized spacial score (nSPS) is 16.9. The first-order valence-electron chi connectivity index (χ1n) is 12.8. The number of aromatic nitrogens is 5. The standard InChI is InChI=1S/C23H24ClN9O3.C2HF3O2/c1-13(28-20(34)17-18(25)30-33-6-2-5-27-19(17)33)14-9-15(24)16-10-26-12-32(16)21(14)31-7-3-23(4-8-31)11-36-22(35)29-23;3-2(4,5)1(6)7/h2,5-6,9-10,12-13H,3-4,7-8,11H2,1H3,(H2,25,30)(H,28,34)(H,29,35);(H,6,7). The summed E-state index contributed by atoms with van der Waals surface area (Å²) in [6, 6.07) is 3.14. The van der Waals surface area contributed by atoms with Crippen LogP contribution in [0.5, 0.6) is 0 Å². The highest BCUT2D eigenvalue weighted by molar-refractivity contribution is 6.34. The highest BCUT2D eigenvalue weighted by Crippen LogP contribution is 2.36. The van der Waals surface area contributed by atoms with Gasteiger partial charge in [-0.05, 0) is 31.9 Å². The molecule has 6 heterocycles. The minimum atomic E-state index is -5.08. The number of aliphatic carboxylic acids is 1. The highest BCUT2D eigenvalue weighted by atomic mass is 35.5. The molecule has 0 aromatic carbocycles. The van der Waals surface area contributed by atoms with Crippen LogP contribution in [0.15, 0.2) is 37.1 Å². The molecule has 2 aliphatic heterocycles. The fourth-order valence-corrected chi connectivity index (χ4v) is 5.34. The molecule has 0 aliphatic carbocycles. The summed E-state index contributed by atoms with van der Waals surface area (Å²) in [4.78, 5) is 44.6. The molecular weight excluding hydrogens is 599 g/mol. The number of cyclic esters (lactones) is 1. The number of nitrogens with two attached hydrogens (primary N) is 1. The number of piperidine rings is 1. The Morgan fingerprint density at radius 2 is 2.00 bits per heavy atom. The van der Waals surface area contributed by atoms with E-state index >= 15 is 0 Å². The van der Waals surface area contributed by atoms with Crippen LogP contribution in [0.3, 0.4) is 0 Å². The number of pyridine rings is 1. The molecule has 14 nitrogen and oxygen atoms in total. The molecule has 5 N–H and O–H groups in total. The largest absolute Gasteiger partial charge is 0.490 e. The molecule has 6 rings (SSSR count). The van der Waals surface area contributed by atoms with Crippen LogP contribution < -0.4 is 21.3 Å². The van der Waals surface area contributed by atoms with Crippen molar-refractivity contribution in [2.75, 3.05) is 30.3 Å². The number of amides is 2. The lowest BCUT2D eigenvalue weighted by atomic mass is 9.89. The molecule has 4 aromatic heterocycles. The number of carbonyl (C=O) groups excluding carboxylic acids is 2. The number of imidazole rings is 1. The van der Waals surface area contributed by atoms with Gasteiger partial charge in [-0.3, -0.25) is 9.20 Å². The van der Waals surface area contributed by atoms with Gasteiger partial charge >= 0.3 is 18.2 Å². The second-order valence-electron chi connectivity index (χ2n) is 10.0. The number of carboxylic acid groups (broad SMARTS) is 1. The van der Waals surface area contributed by atoms with E-state index in [1.165, 1.54) is 4.52 Å². The van der Waals surface area contributed by atoms with Crippen LogP contribution in [0.4, 0.5) is 29.6 Å². The van der Waals surface area contributed by atoms with Gasteiger partial charge < -0.3 is 31.1 Å². The lowest BCUT2D eigenvalue weighted by Gasteiger charge is -2.40. The van der Waals surface area contributed by atoms with E-state index in [1.807, 2.05) is 17.4 Å². The van der Waals surface area contributed by atoms with Crippen molar-refractivity contribution in [3.63, 3.8) is 0 Å². The van der Waals surface area contributed by atoms with Gasteiger partial charge in [-0.25, -0.2) is 24.1 Å². The number of anilines is 2. The van der Waals surface area contributed by atoms with Gasteiger partial charge in [0.25, 0.3) is 5.91 Å². The third-order valence-corrected chi connectivity index (χ3v) is 7.53. The summed E-state index contributed by atoms with van der Waals surface area (Å²) < 4.78 is 40.3. The Balaban J connectivity index is 0.000000472.